The molecule has 0 unspecified atom stereocenters. The maximum atomic E-state index is 6.00. The van der Waals surface area contributed by atoms with E-state index in [1.807, 2.05) is 17.7 Å². The third-order valence-corrected chi connectivity index (χ3v) is 3.70. The van der Waals surface area contributed by atoms with Gasteiger partial charge in [-0.05, 0) is 25.8 Å². The summed E-state index contributed by atoms with van der Waals surface area (Å²) in [6.45, 7) is 3.47. The molecular weight excluding hydrogens is 250 g/mol. The van der Waals surface area contributed by atoms with Crippen LogP contribution in [0.25, 0.3) is 0 Å². The topological polar surface area (TPSA) is 43.0 Å². The molecule has 1 saturated carbocycles. The zero-order chi connectivity index (χ0) is 12.5. The average molecular weight is 266 g/mol. The highest BCUT2D eigenvalue weighted by atomic mass is 35.5. The minimum atomic E-state index is 0.684. The van der Waals surface area contributed by atoms with E-state index in [1.165, 1.54) is 12.8 Å². The van der Waals surface area contributed by atoms with E-state index in [9.17, 15) is 0 Å². The molecule has 2 heterocycles. The molecule has 5 heteroatoms. The zero-order valence-electron chi connectivity index (χ0n) is 10.3. The van der Waals surface area contributed by atoms with Gasteiger partial charge in [0, 0.05) is 11.6 Å². The van der Waals surface area contributed by atoms with Gasteiger partial charge in [-0.25, -0.2) is 0 Å². The Labute approximate surface area is 111 Å². The smallest absolute Gasteiger partial charge is 0.122 e. The van der Waals surface area contributed by atoms with E-state index in [-0.39, 0.29) is 0 Å². The summed E-state index contributed by atoms with van der Waals surface area (Å²) < 4.78 is 7.42. The van der Waals surface area contributed by atoms with Crippen LogP contribution in [-0.4, -0.2) is 15.8 Å². The highest BCUT2D eigenvalue weighted by molar-refractivity contribution is 6.31. The summed E-state index contributed by atoms with van der Waals surface area (Å²) in [6.07, 6.45) is 5.98. The lowest BCUT2D eigenvalue weighted by Gasteiger charge is -2.06. The molecule has 0 amide bonds. The van der Waals surface area contributed by atoms with Crippen LogP contribution in [0.5, 0.6) is 0 Å². The first-order chi connectivity index (χ1) is 8.74. The van der Waals surface area contributed by atoms with Gasteiger partial charge in [-0.15, -0.1) is 0 Å². The average Bonchev–Trinajstić information content (AvgIpc) is 3.02. The summed E-state index contributed by atoms with van der Waals surface area (Å²) in [6, 6.07) is 2.68. The Morgan fingerprint density at radius 3 is 3.06 bits per heavy atom. The molecule has 1 N–H and O–H groups in total. The van der Waals surface area contributed by atoms with Crippen molar-refractivity contribution in [1.29, 1.82) is 0 Å². The molecule has 0 aromatic carbocycles. The summed E-state index contributed by atoms with van der Waals surface area (Å²) in [7, 11) is 0. The van der Waals surface area contributed by atoms with Crippen molar-refractivity contribution in [3.63, 3.8) is 0 Å². The lowest BCUT2D eigenvalue weighted by Crippen LogP contribution is -2.16. The van der Waals surface area contributed by atoms with E-state index >= 15 is 0 Å². The number of furan rings is 1. The number of hydrogen-bond donors (Lipinski definition) is 1. The standard InChI is InChI=1S/C13H16ClN3O/c1-9-12(14)6-16-17(9)8-10-4-5-18-13(10)7-15-11-2-3-11/h4-6,11,15H,2-3,7-8H2,1H3. The van der Waals surface area contributed by atoms with Gasteiger partial charge in [0.2, 0.25) is 0 Å². The van der Waals surface area contributed by atoms with Gasteiger partial charge in [-0.3, -0.25) is 4.68 Å². The lowest BCUT2D eigenvalue weighted by atomic mass is 10.2. The maximum absolute atomic E-state index is 6.00. The first kappa shape index (κ1) is 11.8. The van der Waals surface area contributed by atoms with Gasteiger partial charge in [-0.2, -0.15) is 5.10 Å². The molecule has 18 heavy (non-hydrogen) atoms. The third kappa shape index (κ3) is 2.44. The highest BCUT2D eigenvalue weighted by Crippen LogP contribution is 2.21. The van der Waals surface area contributed by atoms with Crippen LogP contribution in [-0.2, 0) is 13.1 Å². The van der Waals surface area contributed by atoms with E-state index in [0.717, 1.165) is 23.6 Å². The Balaban J connectivity index is 1.71. The second kappa shape index (κ2) is 4.78. The van der Waals surface area contributed by atoms with Gasteiger partial charge in [0.1, 0.15) is 5.76 Å². The van der Waals surface area contributed by atoms with Gasteiger partial charge in [0.05, 0.1) is 36.3 Å². The minimum absolute atomic E-state index is 0.684. The second-order valence-corrected chi connectivity index (χ2v) is 5.17. The third-order valence-electron chi connectivity index (χ3n) is 3.33. The molecule has 2 aromatic rings. The van der Waals surface area contributed by atoms with Crippen LogP contribution in [0.4, 0.5) is 0 Å². The molecule has 0 radical (unpaired) electrons. The second-order valence-electron chi connectivity index (χ2n) is 4.76. The number of halogens is 1. The molecule has 0 atom stereocenters. The molecule has 0 spiro atoms. The van der Waals surface area contributed by atoms with Gasteiger partial charge >= 0.3 is 0 Å². The van der Waals surface area contributed by atoms with Crippen molar-refractivity contribution in [3.05, 3.63) is 40.6 Å². The molecule has 4 nitrogen and oxygen atoms in total. The van der Waals surface area contributed by atoms with Crippen molar-refractivity contribution < 1.29 is 4.42 Å². The Morgan fingerprint density at radius 2 is 2.39 bits per heavy atom. The van der Waals surface area contributed by atoms with E-state index in [0.29, 0.717) is 17.6 Å². The zero-order valence-corrected chi connectivity index (χ0v) is 11.1. The molecule has 0 saturated heterocycles. The van der Waals surface area contributed by atoms with Crippen molar-refractivity contribution in [3.8, 4) is 0 Å². The van der Waals surface area contributed by atoms with Crippen LogP contribution in [0.1, 0.15) is 29.9 Å². The van der Waals surface area contributed by atoms with Crippen molar-refractivity contribution in [1.82, 2.24) is 15.1 Å². The van der Waals surface area contributed by atoms with Crippen molar-refractivity contribution in [2.24, 2.45) is 0 Å². The Bertz CT molecular complexity index is 542. The molecule has 0 bridgehead atoms. The van der Waals surface area contributed by atoms with Gasteiger partial charge in [-0.1, -0.05) is 11.6 Å². The van der Waals surface area contributed by atoms with Crippen LogP contribution in [0.3, 0.4) is 0 Å². The number of aromatic nitrogens is 2. The summed E-state index contributed by atoms with van der Waals surface area (Å²) in [5, 5.41) is 8.42. The minimum Gasteiger partial charge on any atom is -0.468 e. The molecule has 1 aliphatic carbocycles. The van der Waals surface area contributed by atoms with E-state index in [2.05, 4.69) is 10.4 Å². The van der Waals surface area contributed by atoms with Crippen molar-refractivity contribution >= 4 is 11.6 Å². The molecule has 96 valence electrons. The molecule has 1 fully saturated rings. The summed E-state index contributed by atoms with van der Waals surface area (Å²) in [5.41, 5.74) is 2.14. The molecule has 3 rings (SSSR count). The maximum Gasteiger partial charge on any atom is 0.122 e. The SMILES string of the molecule is Cc1c(Cl)cnn1Cc1ccoc1CNC1CC1. The predicted octanol–water partition coefficient (Wildman–Crippen LogP) is 2.74. The van der Waals surface area contributed by atoms with Gasteiger partial charge < -0.3 is 9.73 Å². The first-order valence-corrected chi connectivity index (χ1v) is 6.58. The van der Waals surface area contributed by atoms with Gasteiger partial charge in [0.15, 0.2) is 0 Å². The Hall–Kier alpha value is -1.26. The van der Waals surface area contributed by atoms with E-state index < -0.39 is 0 Å². The summed E-state index contributed by atoms with van der Waals surface area (Å²) >= 11 is 6.00. The number of nitrogens with zero attached hydrogens (tertiary/aromatic N) is 2. The highest BCUT2D eigenvalue weighted by Gasteiger charge is 2.21. The van der Waals surface area contributed by atoms with Crippen molar-refractivity contribution in [2.75, 3.05) is 0 Å². The fourth-order valence-electron chi connectivity index (χ4n) is 1.93. The lowest BCUT2D eigenvalue weighted by molar-refractivity contribution is 0.474. The summed E-state index contributed by atoms with van der Waals surface area (Å²) in [5.74, 6) is 0.993. The van der Waals surface area contributed by atoms with Crippen molar-refractivity contribution in [2.45, 2.75) is 38.9 Å². The summed E-state index contributed by atoms with van der Waals surface area (Å²) in [4.78, 5) is 0. The predicted molar refractivity (Wildman–Crippen MR) is 69.6 cm³/mol. The Morgan fingerprint density at radius 1 is 1.56 bits per heavy atom. The van der Waals surface area contributed by atoms with Crippen LogP contribution in [0, 0.1) is 6.92 Å². The molecule has 0 aliphatic heterocycles. The van der Waals surface area contributed by atoms with Gasteiger partial charge in [0.25, 0.3) is 0 Å². The molecule has 2 aromatic heterocycles. The largest absolute Gasteiger partial charge is 0.468 e. The fraction of sp³-hybridized carbons (Fsp3) is 0.462. The quantitative estimate of drug-likeness (QED) is 0.904. The number of nitrogens with one attached hydrogen (secondary N) is 1. The molecular formula is C13H16ClN3O. The van der Waals surface area contributed by atoms with Crippen LogP contribution in [0.2, 0.25) is 5.02 Å². The Kier molecular flexibility index (Phi) is 3.14. The van der Waals surface area contributed by atoms with Crippen LogP contribution >= 0.6 is 11.6 Å². The first-order valence-electron chi connectivity index (χ1n) is 6.20. The van der Waals surface area contributed by atoms with E-state index in [1.54, 1.807) is 12.5 Å². The molecule has 1 aliphatic rings. The number of rotatable bonds is 5. The van der Waals surface area contributed by atoms with E-state index in [4.69, 9.17) is 16.0 Å². The monoisotopic (exact) mass is 265 g/mol. The van der Waals surface area contributed by atoms with Crippen LogP contribution in [0.15, 0.2) is 22.9 Å². The van der Waals surface area contributed by atoms with Crippen LogP contribution < -0.4 is 5.32 Å². The number of hydrogen-bond acceptors (Lipinski definition) is 3. The normalized spacial score (nSPS) is 15.2. The fourth-order valence-corrected chi connectivity index (χ4v) is 2.07.